The van der Waals surface area contributed by atoms with Gasteiger partial charge in [0.15, 0.2) is 0 Å². The summed E-state index contributed by atoms with van der Waals surface area (Å²) in [4.78, 5) is 39.8. The molecular weight excluding hydrogens is 773 g/mol. The van der Waals surface area contributed by atoms with Crippen LogP contribution in [0.25, 0.3) is 0 Å². The highest BCUT2D eigenvalue weighted by Crippen LogP contribution is 2.38. The van der Waals surface area contributed by atoms with Crippen molar-refractivity contribution in [3.63, 3.8) is 0 Å². The second-order valence-electron chi connectivity index (χ2n) is 21.5. The van der Waals surface area contributed by atoms with E-state index in [0.29, 0.717) is 19.4 Å². The number of hydrogen-bond donors (Lipinski definition) is 2. The van der Waals surface area contributed by atoms with Crippen molar-refractivity contribution in [3.05, 3.63) is 0 Å². The Hall–Kier alpha value is -1.67. The molecule has 0 aromatic rings. The summed E-state index contributed by atoms with van der Waals surface area (Å²) in [5, 5.41) is 6.11. The molecule has 62 heavy (non-hydrogen) atoms. The van der Waals surface area contributed by atoms with Crippen molar-refractivity contribution in [2.75, 3.05) is 19.8 Å². The summed E-state index contributed by atoms with van der Waals surface area (Å²) in [6.07, 6.45) is 39.3. The third kappa shape index (κ3) is 34.7. The number of ether oxygens (including phenoxy) is 3. The monoisotopic (exact) mass is 879 g/mol. The summed E-state index contributed by atoms with van der Waals surface area (Å²) in [6, 6.07) is -0.524. The molecule has 1 unspecified atom stereocenters. The van der Waals surface area contributed by atoms with Crippen molar-refractivity contribution in [2.24, 2.45) is 5.41 Å². The predicted molar refractivity (Wildman–Crippen MR) is 264 cm³/mol. The van der Waals surface area contributed by atoms with E-state index in [1.165, 1.54) is 154 Å². The summed E-state index contributed by atoms with van der Waals surface area (Å²) in [7, 11) is 0. The van der Waals surface area contributed by atoms with Gasteiger partial charge in [-0.2, -0.15) is 0 Å². The Labute approximate surface area is 385 Å². The van der Waals surface area contributed by atoms with Gasteiger partial charge in [0.05, 0.1) is 34.9 Å². The van der Waals surface area contributed by atoms with Crippen LogP contribution in [0, 0.1) is 5.41 Å². The van der Waals surface area contributed by atoms with Gasteiger partial charge in [0, 0.05) is 19.4 Å². The molecule has 0 radical (unpaired) electrons. The van der Waals surface area contributed by atoms with E-state index in [2.05, 4.69) is 24.5 Å². The first kappa shape index (κ1) is 60.3. The highest BCUT2D eigenvalue weighted by Gasteiger charge is 2.48. The van der Waals surface area contributed by atoms with Crippen molar-refractivity contribution in [3.8, 4) is 0 Å². The number of esters is 1. The van der Waals surface area contributed by atoms with Gasteiger partial charge in [0.1, 0.15) is 6.61 Å². The Morgan fingerprint density at radius 3 is 1.16 bits per heavy atom. The summed E-state index contributed by atoms with van der Waals surface area (Å²) in [5.74, 6) is -0.510. The lowest BCUT2D eigenvalue weighted by atomic mass is 9.76. The fraction of sp³-hybridized carbons (Fsp3) is 0.944. The van der Waals surface area contributed by atoms with Crippen molar-refractivity contribution in [1.29, 1.82) is 0 Å². The number of nitrogens with one attached hydrogen (secondary N) is 2. The molecule has 0 aliphatic heterocycles. The van der Waals surface area contributed by atoms with Gasteiger partial charge in [-0.15, -0.1) is 0 Å². The summed E-state index contributed by atoms with van der Waals surface area (Å²) < 4.78 is 18.5. The van der Waals surface area contributed by atoms with Crippen LogP contribution in [0.4, 0.5) is 0 Å². The molecule has 1 atom stereocenters. The smallest absolute Gasteiger partial charge is 0.314 e. The lowest BCUT2D eigenvalue weighted by Gasteiger charge is -2.45. The van der Waals surface area contributed by atoms with E-state index in [1.54, 1.807) is 0 Å². The minimum absolute atomic E-state index is 0.0257. The van der Waals surface area contributed by atoms with Gasteiger partial charge < -0.3 is 24.8 Å². The minimum Gasteiger partial charge on any atom is -0.463 e. The third-order valence-corrected chi connectivity index (χ3v) is 12.7. The molecule has 0 fully saturated rings. The van der Waals surface area contributed by atoms with Gasteiger partial charge in [-0.1, -0.05) is 194 Å². The van der Waals surface area contributed by atoms with Gasteiger partial charge >= 0.3 is 5.97 Å². The molecule has 2 N–H and O–H groups in total. The number of amides is 2. The number of carbonyl (C=O) groups excluding carboxylic acids is 3. The maximum absolute atomic E-state index is 13.7. The van der Waals surface area contributed by atoms with Gasteiger partial charge in [0.2, 0.25) is 11.8 Å². The Bertz CT molecular complexity index is 1100. The van der Waals surface area contributed by atoms with Gasteiger partial charge in [0.25, 0.3) is 0 Å². The van der Waals surface area contributed by atoms with E-state index >= 15 is 0 Å². The molecule has 0 bridgehead atoms. The normalized spacial score (nSPS) is 13.0. The van der Waals surface area contributed by atoms with Crippen LogP contribution in [-0.4, -0.2) is 60.4 Å². The zero-order chi connectivity index (χ0) is 46.6. The molecule has 0 aliphatic rings. The summed E-state index contributed by atoms with van der Waals surface area (Å²) in [6.45, 7) is 22.5. The average Bonchev–Trinajstić information content (AvgIpc) is 3.20. The first-order valence-corrected chi connectivity index (χ1v) is 26.4. The predicted octanol–water partition coefficient (Wildman–Crippen LogP) is 15.1. The molecule has 0 aliphatic carbocycles. The SMILES string of the molecule is CCCCCCCCCCCCCCCCCC(=O)NCC(COC(=O)C(C)(C)C(C)(C)OC(C)(C)COC(C)(C)C)NC(=O)CCCCCCCCCCCCCCCCC. The van der Waals surface area contributed by atoms with Crippen LogP contribution >= 0.6 is 0 Å². The lowest BCUT2D eigenvalue weighted by molar-refractivity contribution is -0.215. The van der Waals surface area contributed by atoms with Gasteiger partial charge in [-0.05, 0) is 75.2 Å². The number of unbranched alkanes of at least 4 members (excludes halogenated alkanes) is 28. The standard InChI is InChI=1S/C54H106N2O6/c1-12-14-16-18-20-22-24-26-28-30-32-34-36-38-40-42-48(57)55-44-47(45-60-50(59)53(8,9)54(10,11)62-52(6,7)46-61-51(3,4)5)56-49(58)43-41-39-37-35-33-31-29-27-25-23-21-19-17-15-13-2/h47H,12-46H2,1-11H3,(H,55,57)(H,56,58). The maximum Gasteiger partial charge on any atom is 0.314 e. The third-order valence-electron chi connectivity index (χ3n) is 12.7. The Morgan fingerprint density at radius 1 is 0.468 bits per heavy atom. The van der Waals surface area contributed by atoms with Crippen molar-refractivity contribution in [1.82, 2.24) is 10.6 Å². The highest BCUT2D eigenvalue weighted by atomic mass is 16.6. The van der Waals surface area contributed by atoms with Crippen LogP contribution in [-0.2, 0) is 28.6 Å². The molecule has 368 valence electrons. The van der Waals surface area contributed by atoms with Crippen molar-refractivity contribution < 1.29 is 28.6 Å². The zero-order valence-corrected chi connectivity index (χ0v) is 43.3. The summed E-state index contributed by atoms with van der Waals surface area (Å²) >= 11 is 0. The molecule has 0 aromatic carbocycles. The van der Waals surface area contributed by atoms with E-state index in [0.717, 1.165) is 38.5 Å². The molecule has 2 amide bonds. The largest absolute Gasteiger partial charge is 0.463 e. The van der Waals surface area contributed by atoms with Crippen LogP contribution in [0.3, 0.4) is 0 Å². The first-order valence-electron chi connectivity index (χ1n) is 26.4. The maximum atomic E-state index is 13.7. The van der Waals surface area contributed by atoms with Crippen LogP contribution in [0.1, 0.15) is 282 Å². The van der Waals surface area contributed by atoms with E-state index < -0.39 is 28.6 Å². The van der Waals surface area contributed by atoms with Crippen LogP contribution < -0.4 is 10.6 Å². The number of rotatable bonds is 43. The molecule has 0 saturated carbocycles. The molecular formula is C54H106N2O6. The van der Waals surface area contributed by atoms with E-state index in [4.69, 9.17) is 14.2 Å². The minimum atomic E-state index is -1.01. The van der Waals surface area contributed by atoms with Crippen molar-refractivity contribution in [2.45, 2.75) is 304 Å². The quantitative estimate of drug-likeness (QED) is 0.0467. The zero-order valence-electron chi connectivity index (χ0n) is 43.3. The Morgan fingerprint density at radius 2 is 0.806 bits per heavy atom. The Kier molecular flexibility index (Phi) is 35.6. The van der Waals surface area contributed by atoms with Gasteiger partial charge in [-0.25, -0.2) is 0 Å². The number of hydrogen-bond acceptors (Lipinski definition) is 6. The second-order valence-corrected chi connectivity index (χ2v) is 21.5. The fourth-order valence-corrected chi connectivity index (χ4v) is 7.93. The first-order chi connectivity index (χ1) is 29.4. The van der Waals surface area contributed by atoms with Crippen LogP contribution in [0.2, 0.25) is 0 Å². The van der Waals surface area contributed by atoms with Crippen LogP contribution in [0.15, 0.2) is 0 Å². The van der Waals surface area contributed by atoms with Crippen LogP contribution in [0.5, 0.6) is 0 Å². The number of carbonyl (C=O) groups is 3. The van der Waals surface area contributed by atoms with E-state index in [1.807, 2.05) is 62.3 Å². The molecule has 8 nitrogen and oxygen atoms in total. The molecule has 0 aromatic heterocycles. The second kappa shape index (κ2) is 36.5. The molecule has 0 rings (SSSR count). The summed E-state index contributed by atoms with van der Waals surface area (Å²) in [5.41, 5.74) is -2.85. The van der Waals surface area contributed by atoms with Gasteiger partial charge in [-0.3, -0.25) is 14.4 Å². The fourth-order valence-electron chi connectivity index (χ4n) is 7.93. The molecule has 0 saturated heterocycles. The van der Waals surface area contributed by atoms with E-state index in [9.17, 15) is 14.4 Å². The molecule has 8 heteroatoms. The van der Waals surface area contributed by atoms with E-state index in [-0.39, 0.29) is 30.6 Å². The molecule has 0 heterocycles. The van der Waals surface area contributed by atoms with Crippen molar-refractivity contribution >= 4 is 17.8 Å². The highest BCUT2D eigenvalue weighted by molar-refractivity contribution is 5.78. The lowest BCUT2D eigenvalue weighted by Crippen LogP contribution is -2.54. The topological polar surface area (TPSA) is 103 Å². The average molecular weight is 879 g/mol. The Balaban J connectivity index is 4.84. The molecule has 0 spiro atoms.